The summed E-state index contributed by atoms with van der Waals surface area (Å²) in [5, 5.41) is 15.1. The van der Waals surface area contributed by atoms with E-state index in [1.807, 2.05) is 55.5 Å². The van der Waals surface area contributed by atoms with E-state index in [-0.39, 0.29) is 5.91 Å². The number of carbonyl (C=O) groups is 1. The largest absolute Gasteiger partial charge is 0.353 e. The van der Waals surface area contributed by atoms with Crippen LogP contribution in [0.2, 0.25) is 0 Å². The highest BCUT2D eigenvalue weighted by Crippen LogP contribution is 2.26. The van der Waals surface area contributed by atoms with Gasteiger partial charge in [0.1, 0.15) is 6.04 Å². The van der Waals surface area contributed by atoms with E-state index in [0.29, 0.717) is 30.5 Å². The number of aromatic nitrogens is 4. The third-order valence-corrected chi connectivity index (χ3v) is 5.13. The van der Waals surface area contributed by atoms with Crippen molar-refractivity contribution in [2.75, 3.05) is 25.0 Å². The second-order valence-electron chi connectivity index (χ2n) is 7.13. The number of carbonyl (C=O) groups excluding carboxylic acids is 1. The lowest BCUT2D eigenvalue weighted by Gasteiger charge is -2.16. The number of para-hydroxylation sites is 1. The summed E-state index contributed by atoms with van der Waals surface area (Å²) < 4.78 is 1.70. The van der Waals surface area contributed by atoms with Crippen LogP contribution < -0.4 is 16.0 Å². The molecule has 2 aromatic heterocycles. The number of rotatable bonds is 3. The molecule has 0 radical (unpaired) electrons. The molecular weight excluding hydrogens is 366 g/mol. The van der Waals surface area contributed by atoms with E-state index in [9.17, 15) is 4.79 Å². The third kappa shape index (κ3) is 3.17. The first-order valence-corrected chi connectivity index (χ1v) is 9.67. The lowest BCUT2D eigenvalue weighted by molar-refractivity contribution is -0.121. The molecule has 0 unspecified atom stereocenters. The zero-order valence-corrected chi connectivity index (χ0v) is 16.0. The molecular formula is C21H21N7O. The molecule has 0 saturated carbocycles. The average Bonchev–Trinajstić information content (AvgIpc) is 3.08. The summed E-state index contributed by atoms with van der Waals surface area (Å²) in [4.78, 5) is 22.0. The molecule has 1 saturated heterocycles. The Hall–Kier alpha value is -3.52. The molecule has 4 aromatic rings. The number of nitrogens with one attached hydrogen (secondary N) is 3. The number of aryl methyl sites for hydroxylation is 1. The Morgan fingerprint density at radius 1 is 1.07 bits per heavy atom. The van der Waals surface area contributed by atoms with Crippen molar-refractivity contribution in [1.29, 1.82) is 0 Å². The minimum absolute atomic E-state index is 0.0580. The molecule has 1 fully saturated rings. The van der Waals surface area contributed by atoms with Crippen molar-refractivity contribution < 1.29 is 4.79 Å². The Bertz CT molecular complexity index is 1220. The SMILES string of the molecule is Cc1ccccc1-c1nc2c3ccccc3nc(N[C@H]3CNCCNC3=O)n2n1. The van der Waals surface area contributed by atoms with Crippen molar-refractivity contribution in [2.24, 2.45) is 0 Å². The molecule has 0 aliphatic carbocycles. The molecule has 1 aliphatic rings. The Balaban J connectivity index is 1.68. The van der Waals surface area contributed by atoms with Crippen LogP contribution in [0, 0.1) is 6.92 Å². The van der Waals surface area contributed by atoms with Gasteiger partial charge >= 0.3 is 0 Å². The van der Waals surface area contributed by atoms with E-state index in [1.54, 1.807) is 4.52 Å². The number of fused-ring (bicyclic) bond motifs is 3. The highest BCUT2D eigenvalue weighted by atomic mass is 16.2. The van der Waals surface area contributed by atoms with Gasteiger partial charge < -0.3 is 16.0 Å². The highest BCUT2D eigenvalue weighted by molar-refractivity contribution is 5.93. The van der Waals surface area contributed by atoms with Crippen molar-refractivity contribution in [2.45, 2.75) is 13.0 Å². The molecule has 8 nitrogen and oxygen atoms in total. The van der Waals surface area contributed by atoms with E-state index >= 15 is 0 Å². The summed E-state index contributed by atoms with van der Waals surface area (Å²) in [5.74, 6) is 1.07. The average molecular weight is 387 g/mol. The fourth-order valence-corrected chi connectivity index (χ4v) is 3.60. The zero-order valence-electron chi connectivity index (χ0n) is 16.0. The van der Waals surface area contributed by atoms with Crippen molar-refractivity contribution in [3.8, 4) is 11.4 Å². The molecule has 1 amide bonds. The van der Waals surface area contributed by atoms with E-state index < -0.39 is 6.04 Å². The number of benzene rings is 2. The quantitative estimate of drug-likeness (QED) is 0.496. The maximum Gasteiger partial charge on any atom is 0.243 e. The van der Waals surface area contributed by atoms with Gasteiger partial charge in [-0.15, -0.1) is 5.10 Å². The van der Waals surface area contributed by atoms with Crippen LogP contribution in [0.3, 0.4) is 0 Å². The molecule has 29 heavy (non-hydrogen) atoms. The first kappa shape index (κ1) is 17.6. The van der Waals surface area contributed by atoms with Gasteiger partial charge in [-0.25, -0.2) is 9.97 Å². The number of amides is 1. The fourth-order valence-electron chi connectivity index (χ4n) is 3.60. The van der Waals surface area contributed by atoms with Crippen LogP contribution in [0.1, 0.15) is 5.56 Å². The maximum atomic E-state index is 12.4. The van der Waals surface area contributed by atoms with Crippen LogP contribution in [0.25, 0.3) is 27.9 Å². The third-order valence-electron chi connectivity index (χ3n) is 5.13. The Morgan fingerprint density at radius 2 is 1.90 bits per heavy atom. The van der Waals surface area contributed by atoms with Gasteiger partial charge in [-0.1, -0.05) is 36.4 Å². The molecule has 5 rings (SSSR count). The molecule has 1 atom stereocenters. The Kier molecular flexibility index (Phi) is 4.33. The van der Waals surface area contributed by atoms with Crippen LogP contribution in [0.15, 0.2) is 48.5 Å². The van der Waals surface area contributed by atoms with E-state index in [4.69, 9.17) is 15.1 Å². The maximum absolute atomic E-state index is 12.4. The number of hydrogen-bond acceptors (Lipinski definition) is 6. The Morgan fingerprint density at radius 3 is 2.79 bits per heavy atom. The smallest absolute Gasteiger partial charge is 0.243 e. The predicted molar refractivity (Wildman–Crippen MR) is 112 cm³/mol. The minimum Gasteiger partial charge on any atom is -0.353 e. The first-order valence-electron chi connectivity index (χ1n) is 9.67. The second kappa shape index (κ2) is 7.14. The minimum atomic E-state index is -0.444. The Labute approximate surface area is 167 Å². The van der Waals surface area contributed by atoms with Gasteiger partial charge in [0.05, 0.1) is 5.52 Å². The molecule has 3 N–H and O–H groups in total. The van der Waals surface area contributed by atoms with Gasteiger partial charge in [0, 0.05) is 30.6 Å². The van der Waals surface area contributed by atoms with E-state index in [2.05, 4.69) is 16.0 Å². The zero-order chi connectivity index (χ0) is 19.8. The highest BCUT2D eigenvalue weighted by Gasteiger charge is 2.23. The van der Waals surface area contributed by atoms with Gasteiger partial charge in [0.25, 0.3) is 0 Å². The van der Waals surface area contributed by atoms with Crippen molar-refractivity contribution in [1.82, 2.24) is 30.2 Å². The molecule has 2 aromatic carbocycles. The number of anilines is 1. The predicted octanol–water partition coefficient (Wildman–Crippen LogP) is 1.75. The van der Waals surface area contributed by atoms with Gasteiger partial charge in [-0.3, -0.25) is 4.79 Å². The van der Waals surface area contributed by atoms with Crippen molar-refractivity contribution in [3.05, 3.63) is 54.1 Å². The lowest BCUT2D eigenvalue weighted by Crippen LogP contribution is -2.42. The van der Waals surface area contributed by atoms with Crippen LogP contribution in [0.4, 0.5) is 5.95 Å². The molecule has 146 valence electrons. The summed E-state index contributed by atoms with van der Waals surface area (Å²) >= 11 is 0. The number of hydrogen-bond donors (Lipinski definition) is 3. The summed E-state index contributed by atoms with van der Waals surface area (Å²) in [6.45, 7) is 3.91. The monoisotopic (exact) mass is 387 g/mol. The lowest BCUT2D eigenvalue weighted by atomic mass is 10.1. The molecule has 8 heteroatoms. The van der Waals surface area contributed by atoms with Crippen LogP contribution in [-0.4, -0.2) is 51.2 Å². The molecule has 0 bridgehead atoms. The number of nitrogens with zero attached hydrogens (tertiary/aromatic N) is 4. The molecule has 1 aliphatic heterocycles. The summed E-state index contributed by atoms with van der Waals surface area (Å²) in [6.07, 6.45) is 0. The van der Waals surface area contributed by atoms with Gasteiger partial charge in [-0.05, 0) is 24.6 Å². The van der Waals surface area contributed by atoms with Crippen LogP contribution >= 0.6 is 0 Å². The van der Waals surface area contributed by atoms with Crippen molar-refractivity contribution in [3.63, 3.8) is 0 Å². The van der Waals surface area contributed by atoms with Crippen LogP contribution in [-0.2, 0) is 4.79 Å². The van der Waals surface area contributed by atoms with E-state index in [1.165, 1.54) is 0 Å². The van der Waals surface area contributed by atoms with E-state index in [0.717, 1.165) is 28.6 Å². The fraction of sp³-hybridized carbons (Fsp3) is 0.238. The molecule has 0 spiro atoms. The summed E-state index contributed by atoms with van der Waals surface area (Å²) in [7, 11) is 0. The van der Waals surface area contributed by atoms with Gasteiger partial charge in [0.2, 0.25) is 11.9 Å². The standard InChI is InChI=1S/C21H21N7O/c1-13-6-2-3-7-14(13)18-26-19-15-8-4-5-9-16(15)24-21(28(19)27-18)25-17-12-22-10-11-23-20(17)29/h2-9,17,22H,10-12H2,1H3,(H,23,29)(H,24,25)/t17-/m0/s1. The van der Waals surface area contributed by atoms with Crippen LogP contribution in [0.5, 0.6) is 0 Å². The normalized spacial score (nSPS) is 17.3. The summed E-state index contributed by atoms with van der Waals surface area (Å²) in [6, 6.07) is 15.4. The van der Waals surface area contributed by atoms with Gasteiger partial charge in [0.15, 0.2) is 11.5 Å². The first-order chi connectivity index (χ1) is 14.2. The van der Waals surface area contributed by atoms with Crippen molar-refractivity contribution >= 4 is 28.4 Å². The summed E-state index contributed by atoms with van der Waals surface area (Å²) in [5.41, 5.74) is 3.58. The second-order valence-corrected chi connectivity index (χ2v) is 7.13. The molecule has 3 heterocycles. The topological polar surface area (TPSA) is 96.2 Å². The van der Waals surface area contributed by atoms with Gasteiger partial charge in [-0.2, -0.15) is 4.52 Å².